The van der Waals surface area contributed by atoms with Crippen LogP contribution in [0, 0.1) is 18.3 Å². The zero-order valence-electron chi connectivity index (χ0n) is 12.5. The van der Waals surface area contributed by atoms with Crippen LogP contribution in [0.3, 0.4) is 0 Å². The lowest BCUT2D eigenvalue weighted by atomic mass is 9.90. The van der Waals surface area contributed by atoms with Crippen LogP contribution in [0.25, 0.3) is 5.57 Å². The molecule has 0 bridgehead atoms. The van der Waals surface area contributed by atoms with Gasteiger partial charge in [-0.15, -0.1) is 0 Å². The van der Waals surface area contributed by atoms with Crippen LogP contribution in [0.15, 0.2) is 29.8 Å². The summed E-state index contributed by atoms with van der Waals surface area (Å²) >= 11 is 0. The monoisotopic (exact) mass is 255 g/mol. The lowest BCUT2D eigenvalue weighted by Crippen LogP contribution is -1.95. The van der Waals surface area contributed by atoms with Crippen LogP contribution >= 0.6 is 0 Å². The summed E-state index contributed by atoms with van der Waals surface area (Å²) in [6.07, 6.45) is 6.50. The Labute approximate surface area is 118 Å². The molecule has 1 nitrogen and oxygen atoms in total. The highest BCUT2D eigenvalue weighted by molar-refractivity contribution is 5.73. The molecule has 0 heterocycles. The molecule has 0 atom stereocenters. The Bertz CT molecular complexity index is 463. The summed E-state index contributed by atoms with van der Waals surface area (Å²) in [4.78, 5) is 0. The van der Waals surface area contributed by atoms with Crippen LogP contribution < -0.4 is 0 Å². The summed E-state index contributed by atoms with van der Waals surface area (Å²) in [5.41, 5.74) is 4.81. The van der Waals surface area contributed by atoms with E-state index >= 15 is 0 Å². The van der Waals surface area contributed by atoms with Gasteiger partial charge >= 0.3 is 0 Å². The van der Waals surface area contributed by atoms with E-state index in [4.69, 9.17) is 0 Å². The Balaban J connectivity index is 3.16. The number of benzene rings is 1. The van der Waals surface area contributed by atoms with E-state index in [1.165, 1.54) is 23.1 Å². The van der Waals surface area contributed by atoms with Gasteiger partial charge in [0.1, 0.15) is 0 Å². The minimum Gasteiger partial charge on any atom is -0.193 e. The van der Waals surface area contributed by atoms with Gasteiger partial charge < -0.3 is 0 Å². The van der Waals surface area contributed by atoms with Crippen LogP contribution in [0.5, 0.6) is 0 Å². The first-order valence-corrected chi connectivity index (χ1v) is 7.42. The maximum Gasteiger partial charge on any atom is 0.0950 e. The average Bonchev–Trinajstić information content (AvgIpc) is 2.43. The second-order valence-corrected chi connectivity index (χ2v) is 5.09. The van der Waals surface area contributed by atoms with Crippen molar-refractivity contribution in [2.75, 3.05) is 0 Å². The standard InChI is InChI=1S/C18H25N/c1-4-6-11-16(14-19)18(12-7-5-2)17-13-9-8-10-15(17)3/h8-10,13H,4-7,11-12H2,1-3H3/b18-16+. The number of hydrogen-bond acceptors (Lipinski definition) is 1. The summed E-state index contributed by atoms with van der Waals surface area (Å²) < 4.78 is 0. The fraction of sp³-hybridized carbons (Fsp3) is 0.500. The van der Waals surface area contributed by atoms with Gasteiger partial charge in [0.05, 0.1) is 6.07 Å². The van der Waals surface area contributed by atoms with Crippen molar-refractivity contribution in [2.24, 2.45) is 0 Å². The highest BCUT2D eigenvalue weighted by atomic mass is 14.3. The molecule has 0 aliphatic heterocycles. The van der Waals surface area contributed by atoms with Gasteiger partial charge in [0.25, 0.3) is 0 Å². The van der Waals surface area contributed by atoms with E-state index in [-0.39, 0.29) is 0 Å². The van der Waals surface area contributed by atoms with E-state index in [0.29, 0.717) is 0 Å². The topological polar surface area (TPSA) is 23.8 Å². The summed E-state index contributed by atoms with van der Waals surface area (Å²) in [5, 5.41) is 9.47. The Kier molecular flexibility index (Phi) is 6.97. The molecule has 0 fully saturated rings. The van der Waals surface area contributed by atoms with Crippen molar-refractivity contribution in [3.8, 4) is 6.07 Å². The number of unbranched alkanes of at least 4 members (excludes halogenated alkanes) is 2. The van der Waals surface area contributed by atoms with E-state index in [1.807, 2.05) is 0 Å². The molecule has 0 aromatic heterocycles. The number of nitriles is 1. The molecule has 0 aliphatic carbocycles. The van der Waals surface area contributed by atoms with E-state index in [0.717, 1.165) is 37.7 Å². The molecule has 19 heavy (non-hydrogen) atoms. The fourth-order valence-corrected chi connectivity index (χ4v) is 2.34. The second kappa shape index (κ2) is 8.53. The molecule has 0 spiro atoms. The molecule has 102 valence electrons. The van der Waals surface area contributed by atoms with E-state index < -0.39 is 0 Å². The Morgan fingerprint density at radius 3 is 2.26 bits per heavy atom. The molecule has 1 aromatic carbocycles. The highest BCUT2D eigenvalue weighted by Gasteiger charge is 2.10. The van der Waals surface area contributed by atoms with Crippen molar-refractivity contribution in [1.29, 1.82) is 5.26 Å². The van der Waals surface area contributed by atoms with Gasteiger partial charge in [-0.25, -0.2) is 0 Å². The Morgan fingerprint density at radius 2 is 1.68 bits per heavy atom. The summed E-state index contributed by atoms with van der Waals surface area (Å²) in [5.74, 6) is 0. The molecular formula is C18H25N. The van der Waals surface area contributed by atoms with Crippen molar-refractivity contribution in [3.05, 3.63) is 41.0 Å². The number of allylic oxidation sites excluding steroid dienone is 2. The minimum absolute atomic E-state index is 0.917. The largest absolute Gasteiger partial charge is 0.193 e. The van der Waals surface area contributed by atoms with Crippen LogP contribution in [0.2, 0.25) is 0 Å². The minimum atomic E-state index is 0.917. The summed E-state index contributed by atoms with van der Waals surface area (Å²) in [6.45, 7) is 6.51. The predicted molar refractivity (Wildman–Crippen MR) is 82.8 cm³/mol. The molecule has 1 rings (SSSR count). The van der Waals surface area contributed by atoms with E-state index in [2.05, 4.69) is 51.1 Å². The molecule has 0 radical (unpaired) electrons. The predicted octanol–water partition coefficient (Wildman–Crippen LogP) is 5.65. The van der Waals surface area contributed by atoms with Crippen LogP contribution in [0.4, 0.5) is 0 Å². The molecular weight excluding hydrogens is 230 g/mol. The number of hydrogen-bond donors (Lipinski definition) is 0. The zero-order chi connectivity index (χ0) is 14.1. The molecule has 0 unspecified atom stereocenters. The lowest BCUT2D eigenvalue weighted by molar-refractivity contribution is 0.786. The second-order valence-electron chi connectivity index (χ2n) is 5.09. The summed E-state index contributed by atoms with van der Waals surface area (Å²) in [7, 11) is 0. The van der Waals surface area contributed by atoms with E-state index in [9.17, 15) is 5.26 Å². The number of rotatable bonds is 7. The molecule has 1 heteroatoms. The third-order valence-corrected chi connectivity index (χ3v) is 3.53. The van der Waals surface area contributed by atoms with Gasteiger partial charge in [0, 0.05) is 5.57 Å². The highest BCUT2D eigenvalue weighted by Crippen LogP contribution is 2.29. The normalized spacial score (nSPS) is 11.9. The van der Waals surface area contributed by atoms with Crippen molar-refractivity contribution < 1.29 is 0 Å². The Hall–Kier alpha value is -1.55. The maximum atomic E-state index is 9.47. The van der Waals surface area contributed by atoms with Crippen LogP contribution in [-0.4, -0.2) is 0 Å². The molecule has 0 saturated carbocycles. The molecule has 0 amide bonds. The third kappa shape index (κ3) is 4.56. The van der Waals surface area contributed by atoms with Crippen LogP contribution in [-0.2, 0) is 0 Å². The first kappa shape index (κ1) is 15.5. The van der Waals surface area contributed by atoms with Crippen molar-refractivity contribution in [1.82, 2.24) is 0 Å². The van der Waals surface area contributed by atoms with Gasteiger partial charge in [-0.05, 0) is 49.3 Å². The zero-order valence-corrected chi connectivity index (χ0v) is 12.5. The van der Waals surface area contributed by atoms with Gasteiger partial charge in [0.2, 0.25) is 0 Å². The smallest absolute Gasteiger partial charge is 0.0950 e. The van der Waals surface area contributed by atoms with Crippen molar-refractivity contribution in [3.63, 3.8) is 0 Å². The van der Waals surface area contributed by atoms with Gasteiger partial charge in [-0.2, -0.15) is 5.26 Å². The first-order valence-electron chi connectivity index (χ1n) is 7.42. The van der Waals surface area contributed by atoms with Crippen molar-refractivity contribution in [2.45, 2.75) is 59.3 Å². The SMILES string of the molecule is CCCC/C(C#N)=C(/CCCC)c1ccccc1C. The van der Waals surface area contributed by atoms with Gasteiger partial charge in [-0.1, -0.05) is 51.0 Å². The molecule has 0 aliphatic rings. The average molecular weight is 255 g/mol. The maximum absolute atomic E-state index is 9.47. The van der Waals surface area contributed by atoms with Gasteiger partial charge in [0.15, 0.2) is 0 Å². The number of nitrogens with zero attached hydrogens (tertiary/aromatic N) is 1. The van der Waals surface area contributed by atoms with Crippen molar-refractivity contribution >= 4 is 5.57 Å². The molecule has 0 saturated heterocycles. The number of aryl methyl sites for hydroxylation is 1. The lowest BCUT2D eigenvalue weighted by Gasteiger charge is -2.13. The van der Waals surface area contributed by atoms with Gasteiger partial charge in [-0.3, -0.25) is 0 Å². The molecule has 1 aromatic rings. The first-order chi connectivity index (χ1) is 9.24. The summed E-state index contributed by atoms with van der Waals surface area (Å²) in [6, 6.07) is 10.9. The van der Waals surface area contributed by atoms with E-state index in [1.54, 1.807) is 0 Å². The van der Waals surface area contributed by atoms with Crippen LogP contribution in [0.1, 0.15) is 63.5 Å². The Morgan fingerprint density at radius 1 is 1.05 bits per heavy atom. The fourth-order valence-electron chi connectivity index (χ4n) is 2.34. The quantitative estimate of drug-likeness (QED) is 0.577. The molecule has 0 N–H and O–H groups in total. The third-order valence-electron chi connectivity index (χ3n) is 3.53.